The molecule has 0 saturated carbocycles. The molecule has 39 heavy (non-hydrogen) atoms. The van der Waals surface area contributed by atoms with E-state index in [0.717, 1.165) is 22.4 Å². The van der Waals surface area contributed by atoms with Crippen LogP contribution in [-0.4, -0.2) is 66.8 Å². The van der Waals surface area contributed by atoms with Crippen molar-refractivity contribution < 1.29 is 13.2 Å². The normalized spacial score (nSPS) is 11.8. The van der Waals surface area contributed by atoms with Gasteiger partial charge in [0, 0.05) is 35.6 Å². The van der Waals surface area contributed by atoms with Crippen LogP contribution >= 0.6 is 11.6 Å². The van der Waals surface area contributed by atoms with Crippen molar-refractivity contribution in [2.45, 2.75) is 18.7 Å². The Balaban J connectivity index is 1.65. The van der Waals surface area contributed by atoms with Gasteiger partial charge in [-0.05, 0) is 69.9 Å². The fraction of sp³-hybridized carbons (Fsp3) is 0.241. The first-order chi connectivity index (χ1) is 18.5. The zero-order valence-electron chi connectivity index (χ0n) is 22.4. The molecule has 0 saturated heterocycles. The minimum atomic E-state index is -3.90. The maximum Gasteiger partial charge on any atom is 0.243 e. The number of rotatable bonds is 10. The number of anilines is 1. The van der Waals surface area contributed by atoms with E-state index in [1.165, 1.54) is 4.31 Å². The van der Waals surface area contributed by atoms with Crippen molar-refractivity contribution in [2.75, 3.05) is 39.0 Å². The maximum atomic E-state index is 13.5. The van der Waals surface area contributed by atoms with Gasteiger partial charge in [-0.2, -0.15) is 4.31 Å². The highest BCUT2D eigenvalue weighted by atomic mass is 35.5. The quantitative estimate of drug-likeness (QED) is 0.292. The molecule has 0 bridgehead atoms. The van der Waals surface area contributed by atoms with Gasteiger partial charge in [0.2, 0.25) is 21.9 Å². The van der Waals surface area contributed by atoms with Gasteiger partial charge in [0.05, 0.1) is 17.1 Å². The molecule has 4 aromatic rings. The lowest BCUT2D eigenvalue weighted by atomic mass is 10.2. The molecule has 1 heterocycles. The van der Waals surface area contributed by atoms with Crippen LogP contribution in [0.15, 0.2) is 83.9 Å². The number of hydrogen-bond acceptors (Lipinski definition) is 5. The van der Waals surface area contributed by atoms with E-state index in [4.69, 9.17) is 11.6 Å². The summed E-state index contributed by atoms with van der Waals surface area (Å²) in [6.07, 6.45) is 1.83. The van der Waals surface area contributed by atoms with Crippen LogP contribution in [0.1, 0.15) is 11.1 Å². The van der Waals surface area contributed by atoms with E-state index in [-0.39, 0.29) is 23.9 Å². The summed E-state index contributed by atoms with van der Waals surface area (Å²) in [5.74, 6) is -0.206. The van der Waals surface area contributed by atoms with Crippen LogP contribution in [0.25, 0.3) is 16.9 Å². The second-order valence-electron chi connectivity index (χ2n) is 9.67. The van der Waals surface area contributed by atoms with E-state index in [9.17, 15) is 13.2 Å². The van der Waals surface area contributed by atoms with Gasteiger partial charge in [0.1, 0.15) is 0 Å². The van der Waals surface area contributed by atoms with Crippen molar-refractivity contribution >= 4 is 33.5 Å². The molecule has 3 aromatic carbocycles. The van der Waals surface area contributed by atoms with Gasteiger partial charge in [-0.25, -0.2) is 13.4 Å². The third-order valence-corrected chi connectivity index (χ3v) is 8.26. The first-order valence-corrected chi connectivity index (χ1v) is 14.3. The summed E-state index contributed by atoms with van der Waals surface area (Å²) >= 11 is 6.06. The summed E-state index contributed by atoms with van der Waals surface area (Å²) in [6.45, 7) is 4.12. The van der Waals surface area contributed by atoms with Gasteiger partial charge in [0.25, 0.3) is 0 Å². The molecule has 0 atom stereocenters. The third kappa shape index (κ3) is 7.13. The number of aromatic nitrogens is 2. The molecule has 0 fully saturated rings. The predicted molar refractivity (Wildman–Crippen MR) is 156 cm³/mol. The fourth-order valence-electron chi connectivity index (χ4n) is 3.98. The number of likely N-dealkylation sites (N-methyl/N-ethyl adjacent to an activating group) is 1. The number of amides is 1. The molecular weight excluding hydrogens is 534 g/mol. The average Bonchev–Trinajstić information content (AvgIpc) is 3.30. The molecule has 0 spiro atoms. The molecule has 0 aliphatic rings. The van der Waals surface area contributed by atoms with E-state index in [2.05, 4.69) is 10.3 Å². The van der Waals surface area contributed by atoms with Crippen LogP contribution < -0.4 is 5.32 Å². The molecule has 1 amide bonds. The molecular formula is C29H32ClN5O3S. The molecule has 0 radical (unpaired) electrons. The highest BCUT2D eigenvalue weighted by Crippen LogP contribution is 2.26. The lowest BCUT2D eigenvalue weighted by Crippen LogP contribution is -2.41. The Kier molecular flexibility index (Phi) is 8.87. The number of sulfonamides is 1. The molecule has 0 aliphatic carbocycles. The zero-order valence-corrected chi connectivity index (χ0v) is 24.0. The summed E-state index contributed by atoms with van der Waals surface area (Å²) in [7, 11) is -0.195. The summed E-state index contributed by atoms with van der Waals surface area (Å²) in [6, 6.07) is 21.7. The molecule has 1 aromatic heterocycles. The topological polar surface area (TPSA) is 87.5 Å². The minimum absolute atomic E-state index is 0.144. The minimum Gasteiger partial charge on any atom is -0.308 e. The van der Waals surface area contributed by atoms with Crippen molar-refractivity contribution in [3.05, 3.63) is 95.1 Å². The van der Waals surface area contributed by atoms with E-state index in [1.807, 2.05) is 75.4 Å². The van der Waals surface area contributed by atoms with Crippen LogP contribution in [0.3, 0.4) is 0 Å². The SMILES string of the molecule is Cc1ccc(S(=O)(=O)N(CCN(C)C)CC(=O)Nc2nc(-c3ccc(Cl)cc3)cn2-c2cccc(C)c2)cc1. The van der Waals surface area contributed by atoms with Crippen LogP contribution in [0, 0.1) is 13.8 Å². The Bertz CT molecular complexity index is 1550. The van der Waals surface area contributed by atoms with Gasteiger partial charge in [-0.3, -0.25) is 14.7 Å². The average molecular weight is 566 g/mol. The predicted octanol–water partition coefficient (Wildman–Crippen LogP) is 5.00. The van der Waals surface area contributed by atoms with Crippen LogP contribution in [0.4, 0.5) is 5.95 Å². The van der Waals surface area contributed by atoms with Gasteiger partial charge >= 0.3 is 0 Å². The number of aryl methyl sites for hydroxylation is 2. The Morgan fingerprint density at radius 2 is 1.64 bits per heavy atom. The van der Waals surface area contributed by atoms with Gasteiger partial charge in [-0.1, -0.05) is 53.6 Å². The van der Waals surface area contributed by atoms with Crippen molar-refractivity contribution in [1.29, 1.82) is 0 Å². The van der Waals surface area contributed by atoms with E-state index in [0.29, 0.717) is 17.3 Å². The second-order valence-corrected chi connectivity index (χ2v) is 12.0. The number of nitrogens with one attached hydrogen (secondary N) is 1. The van der Waals surface area contributed by atoms with Crippen molar-refractivity contribution in [3.8, 4) is 16.9 Å². The largest absolute Gasteiger partial charge is 0.308 e. The number of benzene rings is 3. The molecule has 204 valence electrons. The highest BCUT2D eigenvalue weighted by molar-refractivity contribution is 7.89. The maximum absolute atomic E-state index is 13.5. The summed E-state index contributed by atoms with van der Waals surface area (Å²) in [4.78, 5) is 20.0. The van der Waals surface area contributed by atoms with E-state index < -0.39 is 15.9 Å². The summed E-state index contributed by atoms with van der Waals surface area (Å²) in [5.41, 5.74) is 4.28. The smallest absolute Gasteiger partial charge is 0.243 e. The van der Waals surface area contributed by atoms with Crippen LogP contribution in [0.2, 0.25) is 5.02 Å². The van der Waals surface area contributed by atoms with Crippen LogP contribution in [0.5, 0.6) is 0 Å². The lowest BCUT2D eigenvalue weighted by molar-refractivity contribution is -0.116. The molecule has 0 unspecified atom stereocenters. The highest BCUT2D eigenvalue weighted by Gasteiger charge is 2.27. The van der Waals surface area contributed by atoms with Gasteiger partial charge in [0.15, 0.2) is 0 Å². The molecule has 1 N–H and O–H groups in total. The standard InChI is InChI=1S/C29H32ClN5O3S/c1-21-8-14-26(15-9-21)39(37,38)34(17-16-33(3)4)20-28(36)32-29-31-27(23-10-12-24(30)13-11-23)19-35(29)25-7-5-6-22(2)18-25/h5-15,18-19H,16-17,20H2,1-4H3,(H,31,32,36). The second kappa shape index (κ2) is 12.1. The van der Waals surface area contributed by atoms with Crippen molar-refractivity contribution in [2.24, 2.45) is 0 Å². The monoisotopic (exact) mass is 565 g/mol. The Hall–Kier alpha value is -3.50. The summed E-state index contributed by atoms with van der Waals surface area (Å²) in [5, 5.41) is 3.46. The Morgan fingerprint density at radius 1 is 0.949 bits per heavy atom. The Labute approximate surface area is 234 Å². The van der Waals surface area contributed by atoms with Crippen molar-refractivity contribution in [1.82, 2.24) is 18.8 Å². The third-order valence-electron chi connectivity index (χ3n) is 6.15. The number of halogens is 1. The first-order valence-electron chi connectivity index (χ1n) is 12.5. The fourth-order valence-corrected chi connectivity index (χ4v) is 5.50. The zero-order chi connectivity index (χ0) is 28.2. The van der Waals surface area contributed by atoms with Gasteiger partial charge in [-0.15, -0.1) is 0 Å². The van der Waals surface area contributed by atoms with Crippen molar-refractivity contribution in [3.63, 3.8) is 0 Å². The number of carbonyl (C=O) groups excluding carboxylic acids is 1. The van der Waals surface area contributed by atoms with Crippen LogP contribution in [-0.2, 0) is 14.8 Å². The Morgan fingerprint density at radius 3 is 2.28 bits per heavy atom. The first kappa shape index (κ1) is 28.5. The van der Waals surface area contributed by atoms with Gasteiger partial charge < -0.3 is 4.90 Å². The van der Waals surface area contributed by atoms with E-state index in [1.54, 1.807) is 41.0 Å². The number of imidazole rings is 1. The lowest BCUT2D eigenvalue weighted by Gasteiger charge is -2.23. The van der Waals surface area contributed by atoms with E-state index >= 15 is 0 Å². The molecule has 4 rings (SSSR count). The summed E-state index contributed by atoms with van der Waals surface area (Å²) < 4.78 is 30.0. The number of hydrogen-bond donors (Lipinski definition) is 1. The number of nitrogens with zero attached hydrogens (tertiary/aromatic N) is 4. The molecule has 0 aliphatic heterocycles. The number of carbonyl (C=O) groups is 1. The molecule has 10 heteroatoms. The molecule has 8 nitrogen and oxygen atoms in total.